The Morgan fingerprint density at radius 3 is 3.00 bits per heavy atom. The molecule has 0 bridgehead atoms. The summed E-state index contributed by atoms with van der Waals surface area (Å²) in [4.78, 5) is 0. The molecule has 1 aliphatic heterocycles. The molecule has 0 amide bonds. The van der Waals surface area contributed by atoms with Crippen LogP contribution in [0.5, 0.6) is 0 Å². The molecule has 4 heteroatoms. The average Bonchev–Trinajstić information content (AvgIpc) is 2.85. The molecule has 0 spiro atoms. The predicted molar refractivity (Wildman–Crippen MR) is 71.6 cm³/mol. The first kappa shape index (κ1) is 13.8. The minimum atomic E-state index is -0.233. The molecule has 2 nitrogen and oxygen atoms in total. The molecule has 1 aromatic rings. The third-order valence-corrected chi connectivity index (χ3v) is 3.57. The van der Waals surface area contributed by atoms with Crippen LogP contribution in [0, 0.1) is 5.82 Å². The third kappa shape index (κ3) is 3.44. The first-order chi connectivity index (χ1) is 8.70. The van der Waals surface area contributed by atoms with Crippen molar-refractivity contribution < 1.29 is 9.13 Å². The normalized spacial score (nSPS) is 21.2. The van der Waals surface area contributed by atoms with Crippen LogP contribution in [-0.4, -0.2) is 25.3 Å². The van der Waals surface area contributed by atoms with Crippen LogP contribution in [-0.2, 0) is 11.2 Å². The van der Waals surface area contributed by atoms with E-state index in [4.69, 9.17) is 16.3 Å². The summed E-state index contributed by atoms with van der Waals surface area (Å²) < 4.78 is 19.5. The Morgan fingerprint density at radius 1 is 1.56 bits per heavy atom. The van der Waals surface area contributed by atoms with E-state index < -0.39 is 0 Å². The monoisotopic (exact) mass is 271 g/mol. The predicted octanol–water partition coefficient (Wildman–Crippen LogP) is 3.18. The van der Waals surface area contributed by atoms with Crippen molar-refractivity contribution in [2.45, 2.75) is 38.3 Å². The van der Waals surface area contributed by atoms with Crippen LogP contribution in [0.15, 0.2) is 18.2 Å². The summed E-state index contributed by atoms with van der Waals surface area (Å²) in [5.41, 5.74) is 0.695. The fraction of sp³-hybridized carbons (Fsp3) is 0.571. The first-order valence-corrected chi connectivity index (χ1v) is 6.87. The molecule has 1 N–H and O–H groups in total. The van der Waals surface area contributed by atoms with Crippen LogP contribution < -0.4 is 5.32 Å². The highest BCUT2D eigenvalue weighted by Crippen LogP contribution is 2.21. The lowest BCUT2D eigenvalue weighted by Crippen LogP contribution is -2.41. The second kappa shape index (κ2) is 6.50. The van der Waals surface area contributed by atoms with Crippen LogP contribution in [0.2, 0.25) is 5.02 Å². The van der Waals surface area contributed by atoms with Gasteiger partial charge in [0.15, 0.2) is 0 Å². The van der Waals surface area contributed by atoms with Gasteiger partial charge in [-0.1, -0.05) is 24.6 Å². The molecule has 0 aliphatic carbocycles. The maximum absolute atomic E-state index is 13.8. The zero-order chi connectivity index (χ0) is 13.0. The molecule has 100 valence electrons. The van der Waals surface area contributed by atoms with E-state index in [1.807, 2.05) is 0 Å². The smallest absolute Gasteiger partial charge is 0.127 e. The number of ether oxygens (including phenoxy) is 1. The van der Waals surface area contributed by atoms with E-state index in [2.05, 4.69) is 12.2 Å². The number of halogens is 2. The van der Waals surface area contributed by atoms with Gasteiger partial charge < -0.3 is 10.1 Å². The minimum Gasteiger partial charge on any atom is -0.377 e. The quantitative estimate of drug-likeness (QED) is 0.888. The number of nitrogens with one attached hydrogen (secondary N) is 1. The molecule has 18 heavy (non-hydrogen) atoms. The summed E-state index contributed by atoms with van der Waals surface area (Å²) in [7, 11) is 0. The van der Waals surface area contributed by atoms with Gasteiger partial charge in [-0.05, 0) is 43.5 Å². The van der Waals surface area contributed by atoms with Gasteiger partial charge in [-0.3, -0.25) is 0 Å². The minimum absolute atomic E-state index is 0.174. The van der Waals surface area contributed by atoms with Gasteiger partial charge in [0, 0.05) is 17.7 Å². The Kier molecular flexibility index (Phi) is 4.98. The van der Waals surface area contributed by atoms with Crippen molar-refractivity contribution >= 4 is 11.6 Å². The lowest BCUT2D eigenvalue weighted by atomic mass is 9.99. The van der Waals surface area contributed by atoms with Crippen molar-refractivity contribution in [3.05, 3.63) is 34.6 Å². The average molecular weight is 272 g/mol. The zero-order valence-electron chi connectivity index (χ0n) is 10.6. The van der Waals surface area contributed by atoms with Crippen molar-refractivity contribution in [3.63, 3.8) is 0 Å². The zero-order valence-corrected chi connectivity index (χ0v) is 11.3. The van der Waals surface area contributed by atoms with Crippen molar-refractivity contribution in [1.29, 1.82) is 0 Å². The molecular weight excluding hydrogens is 253 g/mol. The maximum atomic E-state index is 13.8. The first-order valence-electron chi connectivity index (χ1n) is 6.49. The molecule has 2 atom stereocenters. The van der Waals surface area contributed by atoms with E-state index in [0.717, 1.165) is 26.0 Å². The Hall–Kier alpha value is -0.640. The Labute approximate surface area is 112 Å². The van der Waals surface area contributed by atoms with Gasteiger partial charge in [-0.25, -0.2) is 4.39 Å². The van der Waals surface area contributed by atoms with E-state index in [0.29, 0.717) is 17.0 Å². The second-order valence-corrected chi connectivity index (χ2v) is 5.09. The van der Waals surface area contributed by atoms with E-state index in [1.165, 1.54) is 6.07 Å². The van der Waals surface area contributed by atoms with Crippen LogP contribution in [0.25, 0.3) is 0 Å². The molecule has 0 aromatic heterocycles. The standard InChI is InChI=1S/C14H19ClFNO/c1-2-17-13(14-4-3-7-18-14)8-10-5-6-11(15)9-12(10)16/h5-6,9,13-14,17H,2-4,7-8H2,1H3. The molecule has 1 fully saturated rings. The highest BCUT2D eigenvalue weighted by Gasteiger charge is 2.26. The van der Waals surface area contributed by atoms with Gasteiger partial charge in [-0.2, -0.15) is 0 Å². The largest absolute Gasteiger partial charge is 0.377 e. The van der Waals surface area contributed by atoms with E-state index in [9.17, 15) is 4.39 Å². The summed E-state index contributed by atoms with van der Waals surface area (Å²) in [5, 5.41) is 3.83. The fourth-order valence-corrected chi connectivity index (χ4v) is 2.60. The van der Waals surface area contributed by atoms with Gasteiger partial charge in [0.25, 0.3) is 0 Å². The molecular formula is C14H19ClFNO. The third-order valence-electron chi connectivity index (χ3n) is 3.33. The van der Waals surface area contributed by atoms with Gasteiger partial charge in [0.1, 0.15) is 5.82 Å². The Morgan fingerprint density at radius 2 is 2.39 bits per heavy atom. The summed E-state index contributed by atoms with van der Waals surface area (Å²) in [6, 6.07) is 5.04. The molecule has 2 unspecified atom stereocenters. The van der Waals surface area contributed by atoms with Crippen LogP contribution in [0.1, 0.15) is 25.3 Å². The highest BCUT2D eigenvalue weighted by atomic mass is 35.5. The molecule has 1 aliphatic rings. The number of benzene rings is 1. The number of hydrogen-bond donors (Lipinski definition) is 1. The summed E-state index contributed by atoms with van der Waals surface area (Å²) in [5.74, 6) is -0.233. The SMILES string of the molecule is CCNC(Cc1ccc(Cl)cc1F)C1CCCO1. The molecule has 1 heterocycles. The lowest BCUT2D eigenvalue weighted by Gasteiger charge is -2.24. The van der Waals surface area contributed by atoms with Gasteiger partial charge in [-0.15, -0.1) is 0 Å². The van der Waals surface area contributed by atoms with E-state index >= 15 is 0 Å². The topological polar surface area (TPSA) is 21.3 Å². The van der Waals surface area contributed by atoms with Gasteiger partial charge in [0.05, 0.1) is 6.10 Å². The van der Waals surface area contributed by atoms with Gasteiger partial charge in [0.2, 0.25) is 0 Å². The summed E-state index contributed by atoms with van der Waals surface area (Å²) in [6.45, 7) is 3.73. The van der Waals surface area contributed by atoms with Crippen molar-refractivity contribution in [1.82, 2.24) is 5.32 Å². The van der Waals surface area contributed by atoms with Crippen LogP contribution in [0.3, 0.4) is 0 Å². The summed E-state index contributed by atoms with van der Waals surface area (Å²) >= 11 is 5.76. The fourth-order valence-electron chi connectivity index (χ4n) is 2.44. The van der Waals surface area contributed by atoms with Crippen molar-refractivity contribution in [3.8, 4) is 0 Å². The number of likely N-dealkylation sites (N-methyl/N-ethyl adjacent to an activating group) is 1. The van der Waals surface area contributed by atoms with Crippen LogP contribution >= 0.6 is 11.6 Å². The van der Waals surface area contributed by atoms with Crippen LogP contribution in [0.4, 0.5) is 4.39 Å². The lowest BCUT2D eigenvalue weighted by molar-refractivity contribution is 0.0786. The Bertz CT molecular complexity index is 393. The molecule has 1 saturated heterocycles. The molecule has 1 aromatic carbocycles. The number of rotatable bonds is 5. The van der Waals surface area contributed by atoms with E-state index in [-0.39, 0.29) is 18.0 Å². The Balaban J connectivity index is 2.07. The van der Waals surface area contributed by atoms with Crippen molar-refractivity contribution in [2.24, 2.45) is 0 Å². The van der Waals surface area contributed by atoms with E-state index in [1.54, 1.807) is 12.1 Å². The highest BCUT2D eigenvalue weighted by molar-refractivity contribution is 6.30. The molecule has 0 saturated carbocycles. The maximum Gasteiger partial charge on any atom is 0.127 e. The second-order valence-electron chi connectivity index (χ2n) is 4.66. The molecule has 2 rings (SSSR count). The summed E-state index contributed by atoms with van der Waals surface area (Å²) in [6.07, 6.45) is 2.98. The number of hydrogen-bond acceptors (Lipinski definition) is 2. The molecule has 0 radical (unpaired) electrons. The van der Waals surface area contributed by atoms with Crippen molar-refractivity contribution in [2.75, 3.05) is 13.2 Å². The van der Waals surface area contributed by atoms with Gasteiger partial charge >= 0.3 is 0 Å².